The molecule has 3 nitrogen and oxygen atoms in total. The Morgan fingerprint density at radius 1 is 1.53 bits per heavy atom. The highest BCUT2D eigenvalue weighted by Crippen LogP contribution is 2.29. The molecule has 1 amide bonds. The van der Waals surface area contributed by atoms with Crippen LogP contribution < -0.4 is 11.1 Å². The molecule has 0 saturated heterocycles. The third kappa shape index (κ3) is 2.98. The van der Waals surface area contributed by atoms with E-state index in [0.717, 1.165) is 4.88 Å². The van der Waals surface area contributed by atoms with Crippen molar-refractivity contribution in [2.75, 3.05) is 0 Å². The zero-order valence-corrected chi connectivity index (χ0v) is 10.2. The van der Waals surface area contributed by atoms with Gasteiger partial charge in [0.2, 0.25) is 5.91 Å². The smallest absolute Gasteiger partial charge is 0.347 e. The average molecular weight is 266 g/mol. The van der Waals surface area contributed by atoms with Crippen molar-refractivity contribution in [3.8, 4) is 0 Å². The van der Waals surface area contributed by atoms with E-state index in [1.807, 2.05) is 0 Å². The van der Waals surface area contributed by atoms with Crippen molar-refractivity contribution in [1.29, 1.82) is 0 Å². The molecular weight excluding hydrogens is 253 g/mol. The number of hydrogen-bond acceptors (Lipinski definition) is 3. The van der Waals surface area contributed by atoms with Crippen LogP contribution in [-0.2, 0) is 4.79 Å². The topological polar surface area (TPSA) is 55.1 Å². The van der Waals surface area contributed by atoms with Crippen molar-refractivity contribution in [2.24, 2.45) is 5.73 Å². The van der Waals surface area contributed by atoms with Crippen molar-refractivity contribution >= 4 is 17.2 Å². The largest absolute Gasteiger partial charge is 0.415 e. The van der Waals surface area contributed by atoms with E-state index in [1.54, 1.807) is 24.4 Å². The highest BCUT2D eigenvalue weighted by molar-refractivity contribution is 7.10. The highest BCUT2D eigenvalue weighted by atomic mass is 32.1. The van der Waals surface area contributed by atoms with Crippen LogP contribution in [0.5, 0.6) is 0 Å². The first-order valence-corrected chi connectivity index (χ1v) is 5.74. The SMILES string of the molecule is C[C@H](NC(=O)C(C)(N)C(F)(F)F)c1cccs1. The Morgan fingerprint density at radius 2 is 2.12 bits per heavy atom. The van der Waals surface area contributed by atoms with Gasteiger partial charge in [0.05, 0.1) is 6.04 Å². The molecule has 0 aliphatic carbocycles. The van der Waals surface area contributed by atoms with Crippen molar-refractivity contribution in [1.82, 2.24) is 5.32 Å². The third-order valence-corrected chi connectivity index (χ3v) is 3.43. The van der Waals surface area contributed by atoms with Crippen LogP contribution in [0.3, 0.4) is 0 Å². The fourth-order valence-corrected chi connectivity index (χ4v) is 1.82. The van der Waals surface area contributed by atoms with Crippen LogP contribution in [0.15, 0.2) is 17.5 Å². The molecule has 0 aliphatic rings. The van der Waals surface area contributed by atoms with Gasteiger partial charge in [-0.15, -0.1) is 11.3 Å². The van der Waals surface area contributed by atoms with E-state index in [9.17, 15) is 18.0 Å². The van der Waals surface area contributed by atoms with Gasteiger partial charge >= 0.3 is 6.18 Å². The van der Waals surface area contributed by atoms with E-state index in [4.69, 9.17) is 5.73 Å². The summed E-state index contributed by atoms with van der Waals surface area (Å²) in [5, 5.41) is 4.04. The predicted molar refractivity (Wildman–Crippen MR) is 59.5 cm³/mol. The maximum Gasteiger partial charge on any atom is 0.415 e. The zero-order valence-electron chi connectivity index (χ0n) is 9.34. The first-order chi connectivity index (χ1) is 7.66. The Labute approximate surface area is 101 Å². The summed E-state index contributed by atoms with van der Waals surface area (Å²) in [5.74, 6) is -1.23. The van der Waals surface area contributed by atoms with E-state index in [-0.39, 0.29) is 0 Å². The molecule has 0 saturated carbocycles. The lowest BCUT2D eigenvalue weighted by Crippen LogP contribution is -2.61. The molecule has 7 heteroatoms. The molecule has 0 aromatic carbocycles. The second-order valence-corrected chi connectivity index (χ2v) is 4.89. The number of halogens is 3. The van der Waals surface area contributed by atoms with Gasteiger partial charge in [-0.1, -0.05) is 6.07 Å². The van der Waals surface area contributed by atoms with E-state index in [1.165, 1.54) is 11.3 Å². The van der Waals surface area contributed by atoms with Crippen LogP contribution in [0.25, 0.3) is 0 Å². The van der Waals surface area contributed by atoms with E-state index < -0.39 is 23.7 Å². The number of hydrogen-bond donors (Lipinski definition) is 2. The summed E-state index contributed by atoms with van der Waals surface area (Å²) in [6, 6.07) is 3.00. The summed E-state index contributed by atoms with van der Waals surface area (Å²) in [4.78, 5) is 12.2. The maximum absolute atomic E-state index is 12.5. The maximum atomic E-state index is 12.5. The van der Waals surface area contributed by atoms with Crippen molar-refractivity contribution in [3.05, 3.63) is 22.4 Å². The summed E-state index contributed by atoms with van der Waals surface area (Å²) in [6.07, 6.45) is -4.77. The lowest BCUT2D eigenvalue weighted by atomic mass is 10.0. The van der Waals surface area contributed by atoms with Crippen molar-refractivity contribution in [3.63, 3.8) is 0 Å². The third-order valence-electron chi connectivity index (χ3n) is 2.38. The predicted octanol–water partition coefficient (Wildman–Crippen LogP) is 2.21. The van der Waals surface area contributed by atoms with Gasteiger partial charge in [0.1, 0.15) is 0 Å². The molecule has 1 aromatic heterocycles. The zero-order chi connectivity index (χ0) is 13.3. The molecule has 0 aliphatic heterocycles. The van der Waals surface area contributed by atoms with Crippen LogP contribution in [0.2, 0.25) is 0 Å². The minimum absolute atomic E-state index is 0.493. The molecule has 1 unspecified atom stereocenters. The summed E-state index contributed by atoms with van der Waals surface area (Å²) in [7, 11) is 0. The Balaban J connectivity index is 2.73. The number of alkyl halides is 3. The minimum Gasteiger partial charge on any atom is -0.347 e. The Bertz CT molecular complexity index is 387. The van der Waals surface area contributed by atoms with Crippen LogP contribution in [0.4, 0.5) is 13.2 Å². The number of amides is 1. The Hall–Kier alpha value is -1.08. The van der Waals surface area contributed by atoms with Crippen LogP contribution in [0.1, 0.15) is 24.8 Å². The number of rotatable bonds is 3. The number of nitrogens with one attached hydrogen (secondary N) is 1. The molecule has 3 N–H and O–H groups in total. The van der Waals surface area contributed by atoms with E-state index in [0.29, 0.717) is 6.92 Å². The number of carbonyl (C=O) groups excluding carboxylic acids is 1. The summed E-state index contributed by atoms with van der Waals surface area (Å²) >= 11 is 1.35. The number of nitrogens with two attached hydrogens (primary N) is 1. The second-order valence-electron chi connectivity index (χ2n) is 3.91. The first kappa shape index (κ1) is 14.0. The van der Waals surface area contributed by atoms with Gasteiger partial charge < -0.3 is 11.1 Å². The lowest BCUT2D eigenvalue weighted by molar-refractivity contribution is -0.187. The molecular formula is C10H13F3N2OS. The molecule has 0 radical (unpaired) electrons. The molecule has 96 valence electrons. The standard InChI is InChI=1S/C10H13F3N2OS/c1-6(7-4-3-5-17-7)15-8(16)9(2,14)10(11,12)13/h3-6H,14H2,1-2H3,(H,15,16)/t6-,9?/m0/s1. The fraction of sp³-hybridized carbons (Fsp3) is 0.500. The van der Waals surface area contributed by atoms with Gasteiger partial charge in [-0.2, -0.15) is 13.2 Å². The highest BCUT2D eigenvalue weighted by Gasteiger charge is 2.54. The number of carbonyl (C=O) groups is 1. The second kappa shape index (κ2) is 4.66. The normalized spacial score (nSPS) is 17.3. The summed E-state index contributed by atoms with van der Waals surface area (Å²) in [5.41, 5.74) is 2.13. The molecule has 2 atom stereocenters. The van der Waals surface area contributed by atoms with E-state index >= 15 is 0 Å². The van der Waals surface area contributed by atoms with Crippen molar-refractivity contribution < 1.29 is 18.0 Å². The Kier molecular flexibility index (Phi) is 3.83. The van der Waals surface area contributed by atoms with Gasteiger partial charge in [0.15, 0.2) is 5.54 Å². The fourth-order valence-electron chi connectivity index (χ4n) is 1.08. The van der Waals surface area contributed by atoms with E-state index in [2.05, 4.69) is 5.32 Å². The quantitative estimate of drug-likeness (QED) is 0.881. The van der Waals surface area contributed by atoms with Crippen LogP contribution in [-0.4, -0.2) is 17.6 Å². The summed E-state index contributed by atoms with van der Waals surface area (Å²) in [6.45, 7) is 2.26. The van der Waals surface area contributed by atoms with Gasteiger partial charge in [0, 0.05) is 4.88 Å². The molecule has 17 heavy (non-hydrogen) atoms. The lowest BCUT2D eigenvalue weighted by Gasteiger charge is -2.27. The first-order valence-electron chi connectivity index (χ1n) is 4.86. The molecule has 1 aromatic rings. The molecule has 0 fully saturated rings. The van der Waals surface area contributed by atoms with Gasteiger partial charge in [-0.25, -0.2) is 0 Å². The average Bonchev–Trinajstić information content (AvgIpc) is 2.68. The van der Waals surface area contributed by atoms with Crippen LogP contribution >= 0.6 is 11.3 Å². The van der Waals surface area contributed by atoms with Gasteiger partial charge in [-0.05, 0) is 25.3 Å². The summed E-state index contributed by atoms with van der Waals surface area (Å²) < 4.78 is 37.5. The minimum atomic E-state index is -4.77. The molecule has 1 heterocycles. The van der Waals surface area contributed by atoms with Gasteiger partial charge in [-0.3, -0.25) is 4.79 Å². The van der Waals surface area contributed by atoms with Crippen molar-refractivity contribution in [2.45, 2.75) is 31.6 Å². The molecule has 0 bridgehead atoms. The Morgan fingerprint density at radius 3 is 2.53 bits per heavy atom. The van der Waals surface area contributed by atoms with Gasteiger partial charge in [0.25, 0.3) is 0 Å². The monoisotopic (exact) mass is 266 g/mol. The molecule has 1 rings (SSSR count). The number of thiophene rings is 1. The molecule has 0 spiro atoms. The van der Waals surface area contributed by atoms with Crippen LogP contribution in [0, 0.1) is 0 Å².